The average Bonchev–Trinajstić information content (AvgIpc) is 3.02. The number of carboxylic acids is 1. The van der Waals surface area contributed by atoms with Crippen LogP contribution in [0.1, 0.15) is 56.0 Å². The maximum Gasteiger partial charge on any atom is 0.304 e. The Labute approximate surface area is 171 Å². The number of hydrogen-bond donors (Lipinski definition) is 1. The Morgan fingerprint density at radius 1 is 1.21 bits per heavy atom. The highest BCUT2D eigenvalue weighted by Crippen LogP contribution is 2.25. The summed E-state index contributed by atoms with van der Waals surface area (Å²) in [6.07, 6.45) is -0.00991. The molecule has 0 saturated heterocycles. The van der Waals surface area contributed by atoms with Gasteiger partial charge in [0.1, 0.15) is 12.4 Å². The van der Waals surface area contributed by atoms with E-state index in [9.17, 15) is 4.79 Å². The molecule has 5 heteroatoms. The van der Waals surface area contributed by atoms with Crippen LogP contribution in [0.15, 0.2) is 42.5 Å². The molecule has 29 heavy (non-hydrogen) atoms. The van der Waals surface area contributed by atoms with Gasteiger partial charge in [0, 0.05) is 11.4 Å². The van der Waals surface area contributed by atoms with E-state index in [4.69, 9.17) is 9.84 Å². The molecule has 0 saturated carbocycles. The lowest BCUT2D eigenvalue weighted by Gasteiger charge is -2.11. The largest absolute Gasteiger partial charge is 0.489 e. The van der Waals surface area contributed by atoms with Gasteiger partial charge in [-0.3, -0.25) is 9.48 Å². The van der Waals surface area contributed by atoms with E-state index >= 15 is 0 Å². The number of ether oxygens (including phenoxy) is 1. The number of benzene rings is 2. The van der Waals surface area contributed by atoms with Crippen LogP contribution in [0.4, 0.5) is 0 Å². The maximum atomic E-state index is 11.0. The van der Waals surface area contributed by atoms with Gasteiger partial charge >= 0.3 is 5.97 Å². The van der Waals surface area contributed by atoms with E-state index in [1.165, 1.54) is 0 Å². The Morgan fingerprint density at radius 3 is 2.55 bits per heavy atom. The molecule has 150 valence electrons. The number of aliphatic carboxylic acids is 1. The third kappa shape index (κ3) is 4.78. The lowest BCUT2D eigenvalue weighted by Crippen LogP contribution is -2.05. The second kappa shape index (κ2) is 8.83. The molecule has 0 spiro atoms. The summed E-state index contributed by atoms with van der Waals surface area (Å²) < 4.78 is 7.98. The predicted octanol–water partition coefficient (Wildman–Crippen LogP) is 5.09. The van der Waals surface area contributed by atoms with E-state index in [-0.39, 0.29) is 12.3 Å². The first-order valence-electron chi connectivity index (χ1n) is 9.73. The first-order valence-corrected chi connectivity index (χ1v) is 9.73. The standard InChI is InChI=1S/C24H26N2O3/c1-5-6-20(14-24(27)28)19-8-10-21(11-9-19)29-15-18-7-12-22-17(4)25-26(16(2)3)23(22)13-18/h7-13,16,20H,14-15H2,1-4H3,(H,27,28)/t20-/m0/s1. The molecule has 0 unspecified atom stereocenters. The zero-order chi connectivity index (χ0) is 21.0. The van der Waals surface area contributed by atoms with Gasteiger partial charge in [0.15, 0.2) is 0 Å². The van der Waals surface area contributed by atoms with Gasteiger partial charge in [-0.1, -0.05) is 30.2 Å². The number of aryl methyl sites for hydroxylation is 1. The summed E-state index contributed by atoms with van der Waals surface area (Å²) in [7, 11) is 0. The van der Waals surface area contributed by atoms with Crippen LogP contribution in [0, 0.1) is 18.8 Å². The first-order chi connectivity index (χ1) is 13.9. The number of fused-ring (bicyclic) bond motifs is 1. The molecular weight excluding hydrogens is 364 g/mol. The van der Waals surface area contributed by atoms with Gasteiger partial charge in [-0.2, -0.15) is 5.10 Å². The second-order valence-electron chi connectivity index (χ2n) is 7.38. The van der Waals surface area contributed by atoms with Crippen molar-refractivity contribution in [3.63, 3.8) is 0 Å². The van der Waals surface area contributed by atoms with Crippen molar-refractivity contribution in [2.75, 3.05) is 0 Å². The van der Waals surface area contributed by atoms with Crippen molar-refractivity contribution in [1.29, 1.82) is 0 Å². The Kier molecular flexibility index (Phi) is 6.23. The van der Waals surface area contributed by atoms with Crippen molar-refractivity contribution in [3.05, 3.63) is 59.3 Å². The van der Waals surface area contributed by atoms with Gasteiger partial charge in [-0.15, -0.1) is 5.92 Å². The van der Waals surface area contributed by atoms with E-state index in [1.807, 2.05) is 35.9 Å². The number of rotatable bonds is 7. The Bertz CT molecular complexity index is 1070. The second-order valence-corrected chi connectivity index (χ2v) is 7.38. The molecule has 0 radical (unpaired) electrons. The Balaban J connectivity index is 1.73. The van der Waals surface area contributed by atoms with Crippen molar-refractivity contribution in [1.82, 2.24) is 9.78 Å². The van der Waals surface area contributed by atoms with E-state index < -0.39 is 5.97 Å². The van der Waals surface area contributed by atoms with E-state index in [0.29, 0.717) is 12.6 Å². The summed E-state index contributed by atoms with van der Waals surface area (Å²) in [5.74, 6) is 5.34. The van der Waals surface area contributed by atoms with Crippen molar-refractivity contribution in [2.24, 2.45) is 0 Å². The van der Waals surface area contributed by atoms with E-state index in [2.05, 4.69) is 49.0 Å². The number of aromatic nitrogens is 2. The summed E-state index contributed by atoms with van der Waals surface area (Å²) in [6.45, 7) is 8.44. The van der Waals surface area contributed by atoms with Crippen molar-refractivity contribution >= 4 is 16.9 Å². The molecule has 1 atom stereocenters. The predicted molar refractivity (Wildman–Crippen MR) is 114 cm³/mol. The molecule has 0 fully saturated rings. The third-order valence-electron chi connectivity index (χ3n) is 4.83. The number of carbonyl (C=O) groups is 1. The first kappa shape index (κ1) is 20.5. The van der Waals surface area contributed by atoms with Crippen molar-refractivity contribution < 1.29 is 14.6 Å². The monoisotopic (exact) mass is 390 g/mol. The maximum absolute atomic E-state index is 11.0. The summed E-state index contributed by atoms with van der Waals surface area (Å²) in [4.78, 5) is 11.0. The molecule has 1 aromatic heterocycles. The van der Waals surface area contributed by atoms with Crippen LogP contribution in [0.25, 0.3) is 10.9 Å². The Hall–Kier alpha value is -3.26. The fourth-order valence-electron chi connectivity index (χ4n) is 3.39. The van der Waals surface area contributed by atoms with Crippen LogP contribution in [-0.4, -0.2) is 20.9 Å². The minimum Gasteiger partial charge on any atom is -0.489 e. The lowest BCUT2D eigenvalue weighted by molar-refractivity contribution is -0.137. The highest BCUT2D eigenvalue weighted by Gasteiger charge is 2.13. The minimum atomic E-state index is -0.857. The van der Waals surface area contributed by atoms with Crippen LogP contribution >= 0.6 is 0 Å². The smallest absolute Gasteiger partial charge is 0.304 e. The average molecular weight is 390 g/mol. The van der Waals surface area contributed by atoms with Crippen LogP contribution in [-0.2, 0) is 11.4 Å². The van der Waals surface area contributed by atoms with Gasteiger partial charge < -0.3 is 9.84 Å². The molecule has 3 aromatic rings. The van der Waals surface area contributed by atoms with Crippen LogP contribution in [0.5, 0.6) is 5.75 Å². The third-order valence-corrected chi connectivity index (χ3v) is 4.83. The summed E-state index contributed by atoms with van der Waals surface area (Å²) in [5.41, 5.74) is 4.10. The molecule has 2 aromatic carbocycles. The summed E-state index contributed by atoms with van der Waals surface area (Å²) in [6, 6.07) is 14.1. The molecule has 1 N–H and O–H groups in total. The van der Waals surface area contributed by atoms with Gasteiger partial charge in [-0.05, 0) is 57.0 Å². The van der Waals surface area contributed by atoms with Gasteiger partial charge in [0.2, 0.25) is 0 Å². The van der Waals surface area contributed by atoms with Crippen LogP contribution < -0.4 is 4.74 Å². The molecular formula is C24H26N2O3. The van der Waals surface area contributed by atoms with E-state index in [1.54, 1.807) is 6.92 Å². The Morgan fingerprint density at radius 2 is 1.93 bits per heavy atom. The highest BCUT2D eigenvalue weighted by atomic mass is 16.5. The fraction of sp³-hybridized carbons (Fsp3) is 0.333. The fourth-order valence-corrected chi connectivity index (χ4v) is 3.39. The minimum absolute atomic E-state index is 0.00991. The zero-order valence-electron chi connectivity index (χ0n) is 17.3. The highest BCUT2D eigenvalue weighted by molar-refractivity contribution is 5.82. The number of hydrogen-bond acceptors (Lipinski definition) is 3. The molecule has 0 bridgehead atoms. The molecule has 0 aliphatic heterocycles. The quantitative estimate of drug-likeness (QED) is 0.571. The molecule has 0 aliphatic carbocycles. The van der Waals surface area contributed by atoms with Gasteiger partial charge in [-0.25, -0.2) is 0 Å². The SMILES string of the molecule is CC#C[C@@H](CC(=O)O)c1ccc(OCc2ccc3c(C)nn(C(C)C)c3c2)cc1. The van der Waals surface area contributed by atoms with Gasteiger partial charge in [0.25, 0.3) is 0 Å². The van der Waals surface area contributed by atoms with Crippen molar-refractivity contribution in [3.8, 4) is 17.6 Å². The molecule has 3 rings (SSSR count). The summed E-state index contributed by atoms with van der Waals surface area (Å²) >= 11 is 0. The van der Waals surface area contributed by atoms with Crippen molar-refractivity contribution in [2.45, 2.75) is 52.7 Å². The molecule has 0 amide bonds. The van der Waals surface area contributed by atoms with Gasteiger partial charge in [0.05, 0.1) is 23.5 Å². The topological polar surface area (TPSA) is 64.3 Å². The molecule has 5 nitrogen and oxygen atoms in total. The van der Waals surface area contributed by atoms with E-state index in [0.717, 1.165) is 33.5 Å². The zero-order valence-corrected chi connectivity index (χ0v) is 17.3. The molecule has 0 aliphatic rings. The summed E-state index contributed by atoms with van der Waals surface area (Å²) in [5, 5.41) is 14.9. The number of nitrogens with zero attached hydrogens (tertiary/aromatic N) is 2. The number of carboxylic acid groups (broad SMARTS) is 1. The molecule has 1 heterocycles. The van der Waals surface area contributed by atoms with Crippen LogP contribution in [0.3, 0.4) is 0 Å². The lowest BCUT2D eigenvalue weighted by atomic mass is 9.96. The van der Waals surface area contributed by atoms with Crippen LogP contribution in [0.2, 0.25) is 0 Å². The normalized spacial score (nSPS) is 11.9.